The number of rotatable bonds is 8. The minimum Gasteiger partial charge on any atom is -0.337 e. The van der Waals surface area contributed by atoms with E-state index in [1.165, 1.54) is 11.3 Å². The van der Waals surface area contributed by atoms with E-state index in [4.69, 9.17) is 4.98 Å². The molecule has 10 heteroatoms. The molecule has 0 bridgehead atoms. The second kappa shape index (κ2) is 10.4. The highest BCUT2D eigenvalue weighted by Crippen LogP contribution is 2.32. The van der Waals surface area contributed by atoms with Crippen LogP contribution in [0.3, 0.4) is 0 Å². The van der Waals surface area contributed by atoms with Gasteiger partial charge in [-0.05, 0) is 36.6 Å². The lowest BCUT2D eigenvalue weighted by atomic mass is 10.1. The third kappa shape index (κ3) is 4.69. The quantitative estimate of drug-likeness (QED) is 0.332. The number of hydrogen-bond donors (Lipinski definition) is 0. The Labute approximate surface area is 212 Å². The van der Waals surface area contributed by atoms with Gasteiger partial charge in [0.25, 0.3) is 11.8 Å². The SMILES string of the molecule is CCc1cccc2sc(N(CCCn3ccnc3)C(=O)CN3C(=O)c4ccccc4C3=O)nc12.Cl. The number of carbonyl (C=O) groups excluding carboxylic acids is 3. The number of carbonyl (C=O) groups is 3. The lowest BCUT2D eigenvalue weighted by molar-refractivity contribution is -0.119. The van der Waals surface area contributed by atoms with Crippen LogP contribution in [0.4, 0.5) is 5.13 Å². The largest absolute Gasteiger partial charge is 0.337 e. The molecule has 3 heterocycles. The molecule has 0 saturated carbocycles. The summed E-state index contributed by atoms with van der Waals surface area (Å²) in [5.74, 6) is -1.22. The fourth-order valence-corrected chi connectivity index (χ4v) is 5.21. The molecule has 1 aliphatic rings. The predicted molar refractivity (Wildman–Crippen MR) is 137 cm³/mol. The van der Waals surface area contributed by atoms with Gasteiger partial charge in [-0.1, -0.05) is 42.5 Å². The molecule has 5 rings (SSSR count). The Morgan fingerprint density at radius 1 is 1.06 bits per heavy atom. The molecule has 0 atom stereocenters. The van der Waals surface area contributed by atoms with Gasteiger partial charge in [0, 0.05) is 25.5 Å². The molecule has 0 spiro atoms. The lowest BCUT2D eigenvalue weighted by Crippen LogP contribution is -2.43. The molecule has 0 saturated heterocycles. The number of halogens is 1. The zero-order valence-electron chi connectivity index (χ0n) is 19.1. The summed E-state index contributed by atoms with van der Waals surface area (Å²) >= 11 is 1.44. The fraction of sp³-hybridized carbons (Fsp3) is 0.240. The number of benzene rings is 2. The normalized spacial score (nSPS) is 12.7. The molecule has 0 N–H and O–H groups in total. The molecule has 1 aliphatic heterocycles. The van der Waals surface area contributed by atoms with Gasteiger partial charge in [0.1, 0.15) is 6.54 Å². The van der Waals surface area contributed by atoms with E-state index in [1.54, 1.807) is 41.7 Å². The molecule has 2 aromatic carbocycles. The van der Waals surface area contributed by atoms with E-state index in [2.05, 4.69) is 11.9 Å². The van der Waals surface area contributed by atoms with Crippen molar-refractivity contribution >= 4 is 56.8 Å². The van der Waals surface area contributed by atoms with Crippen LogP contribution >= 0.6 is 23.7 Å². The molecule has 2 aromatic heterocycles. The summed E-state index contributed by atoms with van der Waals surface area (Å²) in [4.78, 5) is 50.6. The standard InChI is InChI=1S/C25H23N5O3S.ClH/c1-2-17-7-5-10-20-22(17)27-25(34-20)29(13-6-12-28-14-11-26-16-28)21(31)15-30-23(32)18-8-3-4-9-19(18)24(30)33;/h3-5,7-11,14,16H,2,6,12-13,15H2,1H3;1H. The van der Waals surface area contributed by atoms with Gasteiger partial charge in [0.05, 0.1) is 27.7 Å². The zero-order valence-corrected chi connectivity index (χ0v) is 20.7. The Balaban J connectivity index is 0.00000289. The third-order valence-corrected chi connectivity index (χ3v) is 6.98. The molecule has 4 aromatic rings. The van der Waals surface area contributed by atoms with E-state index >= 15 is 0 Å². The van der Waals surface area contributed by atoms with Crippen LogP contribution in [0.2, 0.25) is 0 Å². The van der Waals surface area contributed by atoms with Crippen LogP contribution in [0, 0.1) is 0 Å². The van der Waals surface area contributed by atoms with Crippen molar-refractivity contribution in [3.05, 3.63) is 77.9 Å². The van der Waals surface area contributed by atoms with Crippen molar-refractivity contribution in [1.82, 2.24) is 19.4 Å². The molecular weight excluding hydrogens is 486 g/mol. The molecule has 180 valence electrons. The average molecular weight is 510 g/mol. The van der Waals surface area contributed by atoms with Gasteiger partial charge >= 0.3 is 0 Å². The van der Waals surface area contributed by atoms with Crippen molar-refractivity contribution < 1.29 is 14.4 Å². The molecule has 0 fully saturated rings. The number of hydrogen-bond acceptors (Lipinski definition) is 6. The number of nitrogens with zero attached hydrogens (tertiary/aromatic N) is 5. The summed E-state index contributed by atoms with van der Waals surface area (Å²) < 4.78 is 2.95. The first-order valence-electron chi connectivity index (χ1n) is 11.2. The topological polar surface area (TPSA) is 88.4 Å². The first-order chi connectivity index (χ1) is 16.6. The maximum absolute atomic E-state index is 13.5. The van der Waals surface area contributed by atoms with Crippen molar-refractivity contribution in [1.29, 1.82) is 0 Å². The van der Waals surface area contributed by atoms with Crippen molar-refractivity contribution in [2.45, 2.75) is 26.3 Å². The smallest absolute Gasteiger partial charge is 0.262 e. The first kappa shape index (κ1) is 24.6. The highest BCUT2D eigenvalue weighted by molar-refractivity contribution is 7.22. The van der Waals surface area contributed by atoms with Crippen molar-refractivity contribution in [2.24, 2.45) is 0 Å². The first-order valence-corrected chi connectivity index (χ1v) is 12.0. The van der Waals surface area contributed by atoms with Gasteiger partial charge in [-0.25, -0.2) is 9.97 Å². The van der Waals surface area contributed by atoms with Gasteiger partial charge in [0.2, 0.25) is 5.91 Å². The highest BCUT2D eigenvalue weighted by atomic mass is 35.5. The minimum atomic E-state index is -0.440. The Hall–Kier alpha value is -3.56. The van der Waals surface area contributed by atoms with Crippen molar-refractivity contribution in [2.75, 3.05) is 18.0 Å². The van der Waals surface area contributed by atoms with E-state index in [-0.39, 0.29) is 24.9 Å². The molecule has 0 radical (unpaired) electrons. The average Bonchev–Trinajstić information content (AvgIpc) is 3.58. The molecule has 8 nitrogen and oxygen atoms in total. The van der Waals surface area contributed by atoms with E-state index < -0.39 is 11.8 Å². The summed E-state index contributed by atoms with van der Waals surface area (Å²) in [6.45, 7) is 2.83. The fourth-order valence-electron chi connectivity index (χ4n) is 4.16. The van der Waals surface area contributed by atoms with Crippen LogP contribution in [-0.2, 0) is 17.8 Å². The van der Waals surface area contributed by atoms with E-state index in [9.17, 15) is 14.4 Å². The zero-order chi connectivity index (χ0) is 23.7. The molecule has 3 amide bonds. The van der Waals surface area contributed by atoms with E-state index in [1.807, 2.05) is 29.0 Å². The van der Waals surface area contributed by atoms with Crippen LogP contribution in [0.5, 0.6) is 0 Å². The van der Waals surface area contributed by atoms with Crippen molar-refractivity contribution in [3.63, 3.8) is 0 Å². The number of aromatic nitrogens is 3. The van der Waals surface area contributed by atoms with Crippen LogP contribution in [0.15, 0.2) is 61.2 Å². The third-order valence-electron chi connectivity index (χ3n) is 5.93. The molecule has 0 unspecified atom stereocenters. The molecule has 35 heavy (non-hydrogen) atoms. The van der Waals surface area contributed by atoms with E-state index in [0.29, 0.717) is 35.8 Å². The maximum Gasteiger partial charge on any atom is 0.262 e. The highest BCUT2D eigenvalue weighted by Gasteiger charge is 2.37. The second-order valence-electron chi connectivity index (χ2n) is 8.06. The number of anilines is 1. The number of para-hydroxylation sites is 1. The van der Waals surface area contributed by atoms with Crippen LogP contribution < -0.4 is 4.90 Å². The molecule has 0 aliphatic carbocycles. The predicted octanol–water partition coefficient (Wildman–Crippen LogP) is 4.20. The van der Waals surface area contributed by atoms with E-state index in [0.717, 1.165) is 27.1 Å². The second-order valence-corrected chi connectivity index (χ2v) is 9.06. The monoisotopic (exact) mass is 509 g/mol. The summed E-state index contributed by atoms with van der Waals surface area (Å²) in [5.41, 5.74) is 2.67. The number of thiazole rings is 1. The Kier molecular flexibility index (Phi) is 7.28. The Morgan fingerprint density at radius 2 is 1.80 bits per heavy atom. The maximum atomic E-state index is 13.5. The number of imide groups is 1. The van der Waals surface area contributed by atoms with Crippen molar-refractivity contribution in [3.8, 4) is 0 Å². The lowest BCUT2D eigenvalue weighted by Gasteiger charge is -2.22. The van der Waals surface area contributed by atoms with Gasteiger partial charge in [-0.15, -0.1) is 12.4 Å². The number of amides is 3. The summed E-state index contributed by atoms with van der Waals surface area (Å²) in [6, 6.07) is 12.7. The Morgan fingerprint density at radius 3 is 2.46 bits per heavy atom. The minimum absolute atomic E-state index is 0. The van der Waals surface area contributed by atoms with Gasteiger partial charge in [-0.3, -0.25) is 24.2 Å². The summed E-state index contributed by atoms with van der Waals surface area (Å²) in [7, 11) is 0. The Bertz CT molecular complexity index is 1350. The van der Waals surface area contributed by atoms with Gasteiger partial charge in [-0.2, -0.15) is 0 Å². The van der Waals surface area contributed by atoms with Gasteiger partial charge < -0.3 is 4.57 Å². The van der Waals surface area contributed by atoms with Crippen LogP contribution in [0.25, 0.3) is 10.2 Å². The van der Waals surface area contributed by atoms with Crippen LogP contribution in [0.1, 0.15) is 39.6 Å². The summed E-state index contributed by atoms with van der Waals surface area (Å²) in [5, 5.41) is 0.572. The number of fused-ring (bicyclic) bond motifs is 2. The van der Waals surface area contributed by atoms with Crippen LogP contribution in [-0.4, -0.2) is 50.2 Å². The number of imidazole rings is 1. The van der Waals surface area contributed by atoms with Gasteiger partial charge in [0.15, 0.2) is 5.13 Å². The summed E-state index contributed by atoms with van der Waals surface area (Å²) in [6.07, 6.45) is 6.82. The molecular formula is C25H24ClN5O3S. The number of aryl methyl sites for hydroxylation is 2.